The Kier molecular flexibility index (Phi) is 1.32. The van der Waals surface area contributed by atoms with E-state index in [1.54, 1.807) is 0 Å². The first-order valence-electron chi connectivity index (χ1n) is 3.43. The summed E-state index contributed by atoms with van der Waals surface area (Å²) in [6.07, 6.45) is 5.01. The van der Waals surface area contributed by atoms with Crippen LogP contribution in [0.4, 0.5) is 0 Å². The summed E-state index contributed by atoms with van der Waals surface area (Å²) < 4.78 is 0. The molecule has 0 aliphatic carbocycles. The van der Waals surface area contributed by atoms with Crippen LogP contribution in [0.1, 0.15) is 6.42 Å². The molecule has 2 rings (SSSR count). The lowest BCUT2D eigenvalue weighted by Gasteiger charge is -2.05. The fraction of sp³-hybridized carbons (Fsp3) is 0.500. The molecule has 1 atom stereocenters. The molecular formula is C6H10N4+. The van der Waals surface area contributed by atoms with E-state index >= 15 is 0 Å². The van der Waals surface area contributed by atoms with Crippen molar-refractivity contribution >= 4 is 6.21 Å². The van der Waals surface area contributed by atoms with Crippen molar-refractivity contribution in [2.24, 2.45) is 0 Å². The molecule has 4 heteroatoms. The molecule has 2 aliphatic rings. The van der Waals surface area contributed by atoms with Crippen LogP contribution in [0.15, 0.2) is 11.8 Å². The Morgan fingerprint density at radius 3 is 3.20 bits per heavy atom. The maximum atomic E-state index is 3.93. The van der Waals surface area contributed by atoms with Crippen LogP contribution in [0, 0.1) is 0 Å². The predicted molar refractivity (Wildman–Crippen MR) is 39.0 cm³/mol. The van der Waals surface area contributed by atoms with Gasteiger partial charge in [-0.1, -0.05) is 0 Å². The van der Waals surface area contributed by atoms with Gasteiger partial charge in [0.05, 0.1) is 12.1 Å². The molecule has 2 aliphatic heterocycles. The van der Waals surface area contributed by atoms with Crippen molar-refractivity contribution in [2.45, 2.75) is 12.5 Å². The van der Waals surface area contributed by atoms with Crippen LogP contribution in [-0.4, -0.2) is 18.8 Å². The average Bonchev–Trinajstić information content (AvgIpc) is 2.59. The van der Waals surface area contributed by atoms with E-state index in [9.17, 15) is 0 Å². The highest BCUT2D eigenvalue weighted by atomic mass is 15.4. The minimum atomic E-state index is 0.370. The van der Waals surface area contributed by atoms with E-state index in [0.29, 0.717) is 6.04 Å². The normalized spacial score (nSPS) is 29.6. The maximum absolute atomic E-state index is 3.93. The molecule has 2 heterocycles. The molecule has 0 saturated heterocycles. The van der Waals surface area contributed by atoms with Gasteiger partial charge >= 0.3 is 0 Å². The number of rotatable bonds is 1. The molecule has 1 unspecified atom stereocenters. The predicted octanol–water partition coefficient (Wildman–Crippen LogP) is -1.34. The van der Waals surface area contributed by atoms with Crippen molar-refractivity contribution in [2.75, 3.05) is 6.54 Å². The first-order valence-corrected chi connectivity index (χ1v) is 3.43. The Hall–Kier alpha value is -1.03. The summed E-state index contributed by atoms with van der Waals surface area (Å²) >= 11 is 0. The number of nitrogens with zero attached hydrogens (tertiary/aromatic N) is 1. The second-order valence-corrected chi connectivity index (χ2v) is 2.39. The van der Waals surface area contributed by atoms with Crippen LogP contribution in [0.5, 0.6) is 0 Å². The minimum Gasteiger partial charge on any atom is -0.323 e. The first kappa shape index (κ1) is 5.73. The second kappa shape index (κ2) is 2.30. The van der Waals surface area contributed by atoms with Gasteiger partial charge in [-0.3, -0.25) is 0 Å². The van der Waals surface area contributed by atoms with Crippen molar-refractivity contribution in [1.29, 1.82) is 0 Å². The Morgan fingerprint density at radius 2 is 2.60 bits per heavy atom. The molecule has 0 aromatic heterocycles. The smallest absolute Gasteiger partial charge is 0.254 e. The van der Waals surface area contributed by atoms with Gasteiger partial charge in [-0.25, -0.2) is 5.43 Å². The summed E-state index contributed by atoms with van der Waals surface area (Å²) in [4.78, 5) is 0. The van der Waals surface area contributed by atoms with Crippen molar-refractivity contribution in [3.05, 3.63) is 11.8 Å². The van der Waals surface area contributed by atoms with Gasteiger partial charge in [-0.15, -0.1) is 5.43 Å². The van der Waals surface area contributed by atoms with Crippen molar-refractivity contribution in [3.8, 4) is 0 Å². The number of hydrogen-bond acceptors (Lipinski definition) is 4. The molecule has 3 N–H and O–H groups in total. The third-order valence-electron chi connectivity index (χ3n) is 1.69. The molecule has 0 bridgehead atoms. The average molecular weight is 138 g/mol. The van der Waals surface area contributed by atoms with Gasteiger partial charge in [-0.2, -0.15) is 0 Å². The summed E-state index contributed by atoms with van der Waals surface area (Å²) in [5, 5.41) is 3.93. The van der Waals surface area contributed by atoms with E-state index < -0.39 is 0 Å². The van der Waals surface area contributed by atoms with E-state index in [-0.39, 0.29) is 0 Å². The van der Waals surface area contributed by atoms with E-state index in [2.05, 4.69) is 27.5 Å². The summed E-state index contributed by atoms with van der Waals surface area (Å²) in [5.41, 5.74) is 10.3. The molecule has 0 fully saturated rings. The zero-order valence-electron chi connectivity index (χ0n) is 5.59. The third-order valence-corrected chi connectivity index (χ3v) is 1.69. The first-order chi connectivity index (χ1) is 4.97. The lowest BCUT2D eigenvalue weighted by atomic mass is 10.2. The lowest BCUT2D eigenvalue weighted by Crippen LogP contribution is -2.35. The maximum Gasteiger partial charge on any atom is 0.254 e. The van der Waals surface area contributed by atoms with Gasteiger partial charge in [0, 0.05) is 6.54 Å². The molecule has 0 saturated carbocycles. The zero-order valence-corrected chi connectivity index (χ0v) is 5.59. The quantitative estimate of drug-likeness (QED) is 0.420. The van der Waals surface area contributed by atoms with Crippen molar-refractivity contribution in [3.63, 3.8) is 0 Å². The Morgan fingerprint density at radius 1 is 1.60 bits per heavy atom. The Labute approximate surface area is 59.3 Å². The highest BCUT2D eigenvalue weighted by molar-refractivity contribution is 5.59. The van der Waals surface area contributed by atoms with Gasteiger partial charge in [0.15, 0.2) is 5.10 Å². The van der Waals surface area contributed by atoms with E-state index in [1.165, 1.54) is 5.70 Å². The van der Waals surface area contributed by atoms with Crippen LogP contribution >= 0.6 is 0 Å². The summed E-state index contributed by atoms with van der Waals surface area (Å²) in [6, 6.07) is 0.370. The second-order valence-electron chi connectivity index (χ2n) is 2.39. The minimum absolute atomic E-state index is 0.370. The molecule has 0 spiro atoms. The van der Waals surface area contributed by atoms with Gasteiger partial charge < -0.3 is 5.43 Å². The van der Waals surface area contributed by atoms with E-state index in [1.807, 2.05) is 6.21 Å². The van der Waals surface area contributed by atoms with Crippen LogP contribution < -0.4 is 21.4 Å². The molecule has 0 aromatic carbocycles. The monoisotopic (exact) mass is 138 g/mol. The topological polar surface area (TPSA) is 50.2 Å². The summed E-state index contributed by atoms with van der Waals surface area (Å²) in [7, 11) is 0. The van der Waals surface area contributed by atoms with Crippen LogP contribution in [0.3, 0.4) is 0 Å². The number of nitrogens with one attached hydrogen (secondary N) is 3. The Balaban J connectivity index is 1.99. The van der Waals surface area contributed by atoms with Crippen molar-refractivity contribution < 1.29 is 0 Å². The molecular weight excluding hydrogens is 128 g/mol. The number of hydrazine groups is 1. The fourth-order valence-electron chi connectivity index (χ4n) is 1.14. The van der Waals surface area contributed by atoms with Crippen LogP contribution in [0.25, 0.3) is 0 Å². The Bertz CT molecular complexity index is 176. The van der Waals surface area contributed by atoms with Gasteiger partial charge in [-0.05, 0) is 6.08 Å². The summed E-state index contributed by atoms with van der Waals surface area (Å²) in [6.45, 7) is 0.910. The molecule has 0 aromatic rings. The van der Waals surface area contributed by atoms with Crippen LogP contribution in [-0.2, 0) is 0 Å². The van der Waals surface area contributed by atoms with Gasteiger partial charge in [0.1, 0.15) is 6.04 Å². The SMILES string of the molecule is C1=[N+]NC(C2=CCNN2)C1. The largest absolute Gasteiger partial charge is 0.323 e. The molecule has 53 valence electrons. The fourth-order valence-corrected chi connectivity index (χ4v) is 1.14. The summed E-state index contributed by atoms with van der Waals surface area (Å²) in [5.74, 6) is 0. The van der Waals surface area contributed by atoms with Crippen molar-refractivity contribution in [1.82, 2.24) is 21.4 Å². The van der Waals surface area contributed by atoms with E-state index in [0.717, 1.165) is 13.0 Å². The van der Waals surface area contributed by atoms with E-state index in [4.69, 9.17) is 0 Å². The van der Waals surface area contributed by atoms with Gasteiger partial charge in [0.2, 0.25) is 0 Å². The highest BCUT2D eigenvalue weighted by Gasteiger charge is 2.24. The number of hydrogen-bond donors (Lipinski definition) is 3. The molecule has 0 amide bonds. The molecule has 10 heavy (non-hydrogen) atoms. The number of hydrazone groups is 1. The highest BCUT2D eigenvalue weighted by Crippen LogP contribution is 2.04. The third kappa shape index (κ3) is 0.863. The standard InChI is InChI=1S/C6H10N4/c1-3-7-9-5(1)6-2-4-8-10-6/h1,4,6-7,9-10H,2-3H2/q+1. The van der Waals surface area contributed by atoms with Gasteiger partial charge in [0.25, 0.3) is 6.21 Å². The lowest BCUT2D eigenvalue weighted by molar-refractivity contribution is 0.563. The van der Waals surface area contributed by atoms with Crippen LogP contribution in [0.2, 0.25) is 0 Å². The zero-order chi connectivity index (χ0) is 6.81. The molecule has 4 nitrogen and oxygen atoms in total. The molecule has 1 radical (unpaired) electrons.